The number of carbonyl (C=O) groups excluding carboxylic acids is 1. The first-order valence-electron chi connectivity index (χ1n) is 9.90. The van der Waals surface area contributed by atoms with E-state index in [9.17, 15) is 9.18 Å². The first kappa shape index (κ1) is 17.5. The number of hydrogen-bond acceptors (Lipinski definition) is 2. The zero-order chi connectivity index (χ0) is 18.1. The van der Waals surface area contributed by atoms with Crippen LogP contribution in [0.4, 0.5) is 4.39 Å². The van der Waals surface area contributed by atoms with Crippen LogP contribution in [-0.2, 0) is 11.2 Å². The van der Waals surface area contributed by atoms with Crippen LogP contribution in [0.25, 0.3) is 10.9 Å². The van der Waals surface area contributed by atoms with Gasteiger partial charge >= 0.3 is 0 Å². The highest BCUT2D eigenvalue weighted by Crippen LogP contribution is 2.26. The van der Waals surface area contributed by atoms with Crippen LogP contribution in [0.2, 0.25) is 0 Å². The molecule has 4 nitrogen and oxygen atoms in total. The van der Waals surface area contributed by atoms with E-state index >= 15 is 0 Å². The van der Waals surface area contributed by atoms with Gasteiger partial charge in [0, 0.05) is 35.7 Å². The van der Waals surface area contributed by atoms with E-state index in [-0.39, 0.29) is 11.7 Å². The van der Waals surface area contributed by atoms with E-state index in [1.54, 1.807) is 12.1 Å². The van der Waals surface area contributed by atoms with Gasteiger partial charge in [-0.05, 0) is 75.9 Å². The van der Waals surface area contributed by atoms with Gasteiger partial charge in [0.25, 0.3) is 0 Å². The summed E-state index contributed by atoms with van der Waals surface area (Å²) in [5.41, 5.74) is 2.81. The van der Waals surface area contributed by atoms with Crippen LogP contribution in [0.3, 0.4) is 0 Å². The highest BCUT2D eigenvalue weighted by atomic mass is 19.1. The van der Waals surface area contributed by atoms with Crippen molar-refractivity contribution in [2.75, 3.05) is 26.2 Å². The summed E-state index contributed by atoms with van der Waals surface area (Å²) in [6.45, 7) is 6.16. The molecule has 5 heteroatoms. The third-order valence-corrected chi connectivity index (χ3v) is 6.02. The van der Waals surface area contributed by atoms with Gasteiger partial charge in [0.05, 0.1) is 6.42 Å². The van der Waals surface area contributed by atoms with E-state index in [4.69, 9.17) is 0 Å². The molecule has 1 aromatic heterocycles. The minimum absolute atomic E-state index is 0.183. The second-order valence-corrected chi connectivity index (χ2v) is 7.84. The van der Waals surface area contributed by atoms with Crippen molar-refractivity contribution in [3.05, 3.63) is 35.3 Å². The summed E-state index contributed by atoms with van der Waals surface area (Å²) >= 11 is 0. The molecular weight excluding hydrogens is 329 g/mol. The maximum Gasteiger partial charge on any atom is 0.227 e. The Morgan fingerprint density at radius 1 is 1.19 bits per heavy atom. The summed E-state index contributed by atoms with van der Waals surface area (Å²) in [5, 5.41) is 0.837. The number of aromatic nitrogens is 1. The summed E-state index contributed by atoms with van der Waals surface area (Å²) in [5.74, 6) is -0.0720. The van der Waals surface area contributed by atoms with Gasteiger partial charge in [-0.25, -0.2) is 4.39 Å². The topological polar surface area (TPSA) is 39.3 Å². The average molecular weight is 357 g/mol. The third-order valence-electron chi connectivity index (χ3n) is 6.02. The molecule has 1 N–H and O–H groups in total. The highest BCUT2D eigenvalue weighted by molar-refractivity contribution is 5.90. The number of nitrogens with zero attached hydrogens (tertiary/aromatic N) is 2. The van der Waals surface area contributed by atoms with E-state index in [1.807, 2.05) is 6.92 Å². The normalized spacial score (nSPS) is 21.6. The minimum atomic E-state index is -0.255. The number of piperidine rings is 1. The molecule has 0 saturated carbocycles. The first-order valence-corrected chi connectivity index (χ1v) is 9.90. The first-order chi connectivity index (χ1) is 12.6. The second kappa shape index (κ2) is 7.39. The molecule has 26 heavy (non-hydrogen) atoms. The van der Waals surface area contributed by atoms with Crippen molar-refractivity contribution in [2.45, 2.75) is 51.5 Å². The highest BCUT2D eigenvalue weighted by Gasteiger charge is 2.29. The molecule has 0 radical (unpaired) electrons. The van der Waals surface area contributed by atoms with Gasteiger partial charge in [-0.1, -0.05) is 0 Å². The monoisotopic (exact) mass is 357 g/mol. The van der Waals surface area contributed by atoms with Crippen molar-refractivity contribution in [2.24, 2.45) is 0 Å². The Morgan fingerprint density at radius 3 is 2.77 bits per heavy atom. The molecule has 2 aliphatic rings. The number of likely N-dealkylation sites (tertiary alicyclic amines) is 2. The van der Waals surface area contributed by atoms with Gasteiger partial charge in [-0.15, -0.1) is 0 Å². The molecule has 140 valence electrons. The molecule has 2 aliphatic heterocycles. The van der Waals surface area contributed by atoms with Gasteiger partial charge in [0.15, 0.2) is 0 Å². The van der Waals surface area contributed by atoms with Crippen molar-refractivity contribution in [3.8, 4) is 0 Å². The van der Waals surface area contributed by atoms with Gasteiger partial charge in [-0.2, -0.15) is 0 Å². The van der Waals surface area contributed by atoms with Crippen molar-refractivity contribution < 1.29 is 9.18 Å². The third kappa shape index (κ3) is 3.50. The fraction of sp³-hybridized carbons (Fsp3) is 0.571. The molecule has 1 amide bonds. The zero-order valence-electron chi connectivity index (χ0n) is 15.6. The van der Waals surface area contributed by atoms with Crippen LogP contribution in [0.15, 0.2) is 18.2 Å². The van der Waals surface area contributed by atoms with Crippen LogP contribution in [0.5, 0.6) is 0 Å². The lowest BCUT2D eigenvalue weighted by molar-refractivity contribution is -0.134. The molecule has 4 rings (SSSR count). The lowest BCUT2D eigenvalue weighted by Gasteiger charge is -2.38. The summed E-state index contributed by atoms with van der Waals surface area (Å²) in [6.07, 6.45) is 6.31. The number of amides is 1. The predicted octanol–water partition coefficient (Wildman–Crippen LogP) is 3.63. The van der Waals surface area contributed by atoms with Crippen LogP contribution in [0, 0.1) is 12.7 Å². The van der Waals surface area contributed by atoms with E-state index in [0.29, 0.717) is 12.5 Å². The molecule has 0 spiro atoms. The van der Waals surface area contributed by atoms with E-state index in [1.165, 1.54) is 38.4 Å². The number of fused-ring (bicyclic) bond motifs is 1. The SMILES string of the molecule is Cc1[nH]c2ccc(F)cc2c1CC(=O)N1CCCCC1CN1CCCC1. The fourth-order valence-corrected chi connectivity index (χ4v) is 4.62. The van der Waals surface area contributed by atoms with Crippen LogP contribution in [-0.4, -0.2) is 52.9 Å². The molecule has 0 bridgehead atoms. The molecule has 1 atom stereocenters. The number of rotatable bonds is 4. The Labute approximate surface area is 154 Å². The Bertz CT molecular complexity index is 794. The number of benzene rings is 1. The largest absolute Gasteiger partial charge is 0.358 e. The predicted molar refractivity (Wildman–Crippen MR) is 102 cm³/mol. The smallest absolute Gasteiger partial charge is 0.227 e. The molecule has 1 unspecified atom stereocenters. The Morgan fingerprint density at radius 2 is 1.96 bits per heavy atom. The van der Waals surface area contributed by atoms with Crippen molar-refractivity contribution in [1.29, 1.82) is 0 Å². The zero-order valence-corrected chi connectivity index (χ0v) is 15.6. The number of aryl methyl sites for hydroxylation is 1. The number of H-pyrrole nitrogens is 1. The maximum atomic E-state index is 13.7. The molecule has 2 fully saturated rings. The molecule has 2 aromatic rings. The number of carbonyl (C=O) groups is 1. The van der Waals surface area contributed by atoms with Crippen LogP contribution < -0.4 is 0 Å². The quantitative estimate of drug-likeness (QED) is 0.907. The van der Waals surface area contributed by atoms with Crippen molar-refractivity contribution in [3.63, 3.8) is 0 Å². The summed E-state index contributed by atoms with van der Waals surface area (Å²) in [6, 6.07) is 5.08. The summed E-state index contributed by atoms with van der Waals surface area (Å²) in [4.78, 5) is 21.0. The number of nitrogens with one attached hydrogen (secondary N) is 1. The molecule has 3 heterocycles. The van der Waals surface area contributed by atoms with Gasteiger partial charge in [-0.3, -0.25) is 4.79 Å². The minimum Gasteiger partial charge on any atom is -0.358 e. The standard InChI is InChI=1S/C21H28FN3O/c1-15-18(19-12-16(22)7-8-20(19)23-15)13-21(26)25-11-3-2-6-17(25)14-24-9-4-5-10-24/h7-8,12,17,23H,2-6,9-11,13-14H2,1H3. The maximum absolute atomic E-state index is 13.7. The number of aromatic amines is 1. The van der Waals surface area contributed by atoms with E-state index < -0.39 is 0 Å². The average Bonchev–Trinajstić information content (AvgIpc) is 3.24. The molecular formula is C21H28FN3O. The van der Waals surface area contributed by atoms with E-state index in [0.717, 1.165) is 48.1 Å². The van der Waals surface area contributed by atoms with Gasteiger partial charge in [0.1, 0.15) is 5.82 Å². The van der Waals surface area contributed by atoms with Crippen molar-refractivity contribution in [1.82, 2.24) is 14.8 Å². The van der Waals surface area contributed by atoms with E-state index in [2.05, 4.69) is 14.8 Å². The fourth-order valence-electron chi connectivity index (χ4n) is 4.62. The molecule has 1 aromatic carbocycles. The second-order valence-electron chi connectivity index (χ2n) is 7.84. The lowest BCUT2D eigenvalue weighted by atomic mass is 9.99. The Kier molecular flexibility index (Phi) is 4.98. The Hall–Kier alpha value is -1.88. The number of halogens is 1. The van der Waals surface area contributed by atoms with Crippen molar-refractivity contribution >= 4 is 16.8 Å². The molecule has 0 aliphatic carbocycles. The molecule has 2 saturated heterocycles. The Balaban J connectivity index is 1.52. The van der Waals surface area contributed by atoms with Crippen LogP contribution >= 0.6 is 0 Å². The lowest BCUT2D eigenvalue weighted by Crippen LogP contribution is -2.49. The van der Waals surface area contributed by atoms with Crippen LogP contribution in [0.1, 0.15) is 43.4 Å². The van der Waals surface area contributed by atoms with Gasteiger partial charge < -0.3 is 14.8 Å². The van der Waals surface area contributed by atoms with Gasteiger partial charge in [0.2, 0.25) is 5.91 Å². The summed E-state index contributed by atoms with van der Waals surface area (Å²) < 4.78 is 13.7. The summed E-state index contributed by atoms with van der Waals surface area (Å²) in [7, 11) is 0. The number of hydrogen-bond donors (Lipinski definition) is 1.